The van der Waals surface area contributed by atoms with Crippen LogP contribution in [0.3, 0.4) is 0 Å². The number of nitrogens with zero attached hydrogens (tertiary/aromatic N) is 2. The molecular weight excluding hydrogens is 148 g/mol. The Labute approximate surface area is 69.2 Å². The lowest BCUT2D eigenvalue weighted by Crippen LogP contribution is -1.88. The van der Waals surface area contributed by atoms with Crippen molar-refractivity contribution in [3.05, 3.63) is 36.4 Å². The van der Waals surface area contributed by atoms with Gasteiger partial charge < -0.3 is 0 Å². The van der Waals surface area contributed by atoms with Crippen LogP contribution in [-0.2, 0) is 0 Å². The largest absolute Gasteiger partial charge is 0.150 e. The normalized spacial score (nSPS) is 11.3. The summed E-state index contributed by atoms with van der Waals surface area (Å²) in [5.41, 5.74) is 1.95. The molecule has 2 nitrogen and oxygen atoms in total. The number of benzene rings is 2. The Bertz CT molecular complexity index is 462. The van der Waals surface area contributed by atoms with Crippen LogP contribution in [0.2, 0.25) is 0 Å². The Morgan fingerprint density at radius 2 is 1.17 bits per heavy atom. The van der Waals surface area contributed by atoms with E-state index in [-0.39, 0.29) is 0 Å². The first-order valence-electron chi connectivity index (χ1n) is 3.89. The fourth-order valence-electron chi connectivity index (χ4n) is 1.55. The van der Waals surface area contributed by atoms with Gasteiger partial charge in [0.2, 0.25) is 0 Å². The fraction of sp³-hybridized carbons (Fsp3) is 0. The van der Waals surface area contributed by atoms with Crippen LogP contribution in [-0.4, -0.2) is 10.2 Å². The summed E-state index contributed by atoms with van der Waals surface area (Å²) in [4.78, 5) is 0. The molecule has 2 heterocycles. The molecule has 56 valence electrons. The van der Waals surface area contributed by atoms with Crippen molar-refractivity contribution in [2.75, 3.05) is 0 Å². The summed E-state index contributed by atoms with van der Waals surface area (Å²) in [7, 11) is 0. The van der Waals surface area contributed by atoms with Gasteiger partial charge in [0.1, 0.15) is 0 Å². The van der Waals surface area contributed by atoms with Gasteiger partial charge in [-0.1, -0.05) is 24.3 Å². The maximum Gasteiger partial charge on any atom is 0.0936 e. The van der Waals surface area contributed by atoms with Crippen molar-refractivity contribution in [1.29, 1.82) is 0 Å². The molecule has 4 rings (SSSR count). The summed E-state index contributed by atoms with van der Waals surface area (Å²) in [6.45, 7) is 0. The molecule has 0 spiro atoms. The first-order chi connectivity index (χ1) is 5.95. The number of aromatic nitrogens is 2. The van der Waals surface area contributed by atoms with Crippen LogP contribution in [0.5, 0.6) is 0 Å². The first-order valence-corrected chi connectivity index (χ1v) is 3.89. The minimum atomic E-state index is 0.973. The summed E-state index contributed by atoms with van der Waals surface area (Å²) in [6, 6.07) is 12.2. The SMILES string of the molecule is c1ccc2c3ccc(nn3)c2c1. The van der Waals surface area contributed by atoms with E-state index in [1.807, 2.05) is 24.3 Å². The molecule has 0 saturated heterocycles. The number of hydrogen-bond acceptors (Lipinski definition) is 2. The highest BCUT2D eigenvalue weighted by Gasteiger charge is 2.02. The van der Waals surface area contributed by atoms with Crippen LogP contribution in [0.25, 0.3) is 21.8 Å². The molecule has 2 aromatic heterocycles. The maximum absolute atomic E-state index is 4.06. The molecule has 0 fully saturated rings. The molecule has 0 unspecified atom stereocenters. The average Bonchev–Trinajstić information content (AvgIpc) is 2.20. The lowest BCUT2D eigenvalue weighted by Gasteiger charge is -2.02. The van der Waals surface area contributed by atoms with Gasteiger partial charge in [-0.05, 0) is 12.1 Å². The summed E-state index contributed by atoms with van der Waals surface area (Å²) in [6.07, 6.45) is 0. The highest BCUT2D eigenvalue weighted by Crippen LogP contribution is 2.22. The minimum absolute atomic E-state index is 0.973. The first kappa shape index (κ1) is 5.89. The van der Waals surface area contributed by atoms with E-state index in [1.165, 1.54) is 10.8 Å². The molecule has 0 aliphatic carbocycles. The molecule has 2 heteroatoms. The third-order valence-corrected chi connectivity index (χ3v) is 2.14. The maximum atomic E-state index is 4.06. The molecule has 0 amide bonds. The fourth-order valence-corrected chi connectivity index (χ4v) is 1.55. The number of hydrogen-bond donors (Lipinski definition) is 0. The van der Waals surface area contributed by atoms with E-state index in [0.717, 1.165) is 11.0 Å². The lowest BCUT2D eigenvalue weighted by molar-refractivity contribution is 1.11. The Morgan fingerprint density at radius 1 is 0.667 bits per heavy atom. The summed E-state index contributed by atoms with van der Waals surface area (Å²) in [5, 5.41) is 10.5. The Balaban J connectivity index is 2.75. The third-order valence-electron chi connectivity index (χ3n) is 2.14. The van der Waals surface area contributed by atoms with Crippen LogP contribution in [0.4, 0.5) is 0 Å². The summed E-state index contributed by atoms with van der Waals surface area (Å²) in [5.74, 6) is 0. The van der Waals surface area contributed by atoms with E-state index >= 15 is 0 Å². The zero-order chi connectivity index (χ0) is 7.97. The van der Waals surface area contributed by atoms with Gasteiger partial charge in [0.25, 0.3) is 0 Å². The van der Waals surface area contributed by atoms with E-state index in [4.69, 9.17) is 0 Å². The third kappa shape index (κ3) is 0.593. The van der Waals surface area contributed by atoms with Gasteiger partial charge >= 0.3 is 0 Å². The molecule has 2 aromatic carbocycles. The lowest BCUT2D eigenvalue weighted by atomic mass is 10.1. The van der Waals surface area contributed by atoms with Gasteiger partial charge in [-0.3, -0.25) is 0 Å². The molecule has 0 radical (unpaired) electrons. The van der Waals surface area contributed by atoms with Gasteiger partial charge in [-0.2, -0.15) is 0 Å². The monoisotopic (exact) mass is 154 g/mol. The van der Waals surface area contributed by atoms with E-state index in [0.29, 0.717) is 0 Å². The zero-order valence-electron chi connectivity index (χ0n) is 6.36. The van der Waals surface area contributed by atoms with Crippen LogP contribution in [0.15, 0.2) is 36.4 Å². The highest BCUT2D eigenvalue weighted by atomic mass is 15.1. The quantitative estimate of drug-likeness (QED) is 0.496. The van der Waals surface area contributed by atoms with Crippen LogP contribution < -0.4 is 0 Å². The topological polar surface area (TPSA) is 25.8 Å². The molecule has 0 aliphatic heterocycles. The number of fused-ring (bicyclic) bond motifs is 2. The van der Waals surface area contributed by atoms with Gasteiger partial charge in [0.05, 0.1) is 11.0 Å². The smallest absolute Gasteiger partial charge is 0.0936 e. The second kappa shape index (κ2) is 1.91. The van der Waals surface area contributed by atoms with E-state index in [9.17, 15) is 0 Å². The Morgan fingerprint density at radius 3 is 1.58 bits per heavy atom. The Hall–Kier alpha value is -1.70. The van der Waals surface area contributed by atoms with Gasteiger partial charge in [0.15, 0.2) is 0 Å². The molecular formula is C10H6N2. The zero-order valence-corrected chi connectivity index (χ0v) is 6.36. The molecule has 12 heavy (non-hydrogen) atoms. The van der Waals surface area contributed by atoms with Gasteiger partial charge in [-0.15, -0.1) is 10.2 Å². The standard InChI is InChI=1S/C10H6N2/c1-2-4-8-7(3-1)9-5-6-10(8)12-11-9/h1-6H. The second-order valence-electron chi connectivity index (χ2n) is 2.85. The number of rotatable bonds is 0. The molecule has 4 aromatic rings. The van der Waals surface area contributed by atoms with Crippen molar-refractivity contribution in [3.63, 3.8) is 0 Å². The molecule has 0 N–H and O–H groups in total. The molecule has 0 saturated carbocycles. The van der Waals surface area contributed by atoms with Crippen LogP contribution in [0.1, 0.15) is 0 Å². The molecule has 0 aliphatic rings. The van der Waals surface area contributed by atoms with Crippen molar-refractivity contribution in [2.24, 2.45) is 0 Å². The summed E-state index contributed by atoms with van der Waals surface area (Å²) >= 11 is 0. The van der Waals surface area contributed by atoms with Crippen LogP contribution >= 0.6 is 0 Å². The van der Waals surface area contributed by atoms with Crippen molar-refractivity contribution in [2.45, 2.75) is 0 Å². The average molecular weight is 154 g/mol. The summed E-state index contributed by atoms with van der Waals surface area (Å²) < 4.78 is 0. The van der Waals surface area contributed by atoms with E-state index in [1.54, 1.807) is 0 Å². The Kier molecular flexibility index (Phi) is 0.939. The van der Waals surface area contributed by atoms with Gasteiger partial charge in [0, 0.05) is 10.8 Å². The van der Waals surface area contributed by atoms with E-state index in [2.05, 4.69) is 22.3 Å². The minimum Gasteiger partial charge on any atom is -0.150 e. The predicted molar refractivity (Wildman–Crippen MR) is 48.2 cm³/mol. The molecule has 2 bridgehead atoms. The second-order valence-corrected chi connectivity index (χ2v) is 2.85. The van der Waals surface area contributed by atoms with Gasteiger partial charge in [-0.25, -0.2) is 0 Å². The highest BCUT2D eigenvalue weighted by molar-refractivity contribution is 6.05. The predicted octanol–water partition coefficient (Wildman–Crippen LogP) is 2.22. The van der Waals surface area contributed by atoms with Crippen molar-refractivity contribution >= 4 is 21.8 Å². The van der Waals surface area contributed by atoms with Crippen molar-refractivity contribution in [3.8, 4) is 0 Å². The molecule has 0 atom stereocenters. The van der Waals surface area contributed by atoms with Crippen molar-refractivity contribution in [1.82, 2.24) is 10.2 Å². The van der Waals surface area contributed by atoms with Crippen molar-refractivity contribution < 1.29 is 0 Å². The van der Waals surface area contributed by atoms with Crippen LogP contribution in [0, 0.1) is 0 Å². The van der Waals surface area contributed by atoms with E-state index < -0.39 is 0 Å².